The SMILES string of the molecule is CCNC(=NCc1ccccc1OC(F)F)NCCC(=O)NC1CCCCC1. The van der Waals surface area contributed by atoms with E-state index in [9.17, 15) is 13.6 Å². The summed E-state index contributed by atoms with van der Waals surface area (Å²) in [6.45, 7) is 0.335. The van der Waals surface area contributed by atoms with Crippen LogP contribution < -0.4 is 20.7 Å². The Morgan fingerprint density at radius 2 is 1.96 bits per heavy atom. The van der Waals surface area contributed by atoms with Crippen LogP contribution in [0, 0.1) is 0 Å². The number of aliphatic imine (C=N–C) groups is 1. The molecule has 0 saturated heterocycles. The molecule has 8 heteroatoms. The summed E-state index contributed by atoms with van der Waals surface area (Å²) in [6.07, 6.45) is 6.08. The van der Waals surface area contributed by atoms with Crippen LogP contribution in [0.3, 0.4) is 0 Å². The summed E-state index contributed by atoms with van der Waals surface area (Å²) in [5.74, 6) is 0.676. The van der Waals surface area contributed by atoms with E-state index in [1.165, 1.54) is 25.3 Å². The van der Waals surface area contributed by atoms with Crippen LogP contribution in [0.1, 0.15) is 51.0 Å². The molecule has 0 unspecified atom stereocenters. The number of benzene rings is 1. The monoisotopic (exact) mass is 396 g/mol. The molecular formula is C20H30F2N4O2. The molecule has 0 aromatic heterocycles. The van der Waals surface area contributed by atoms with Gasteiger partial charge in [-0.3, -0.25) is 4.79 Å². The molecule has 6 nitrogen and oxygen atoms in total. The number of halogens is 2. The molecule has 2 rings (SSSR count). The van der Waals surface area contributed by atoms with Crippen LogP contribution in [-0.2, 0) is 11.3 Å². The van der Waals surface area contributed by atoms with Gasteiger partial charge in [0.05, 0.1) is 6.54 Å². The molecule has 1 amide bonds. The van der Waals surface area contributed by atoms with Crippen molar-refractivity contribution in [2.75, 3.05) is 13.1 Å². The van der Waals surface area contributed by atoms with Crippen molar-refractivity contribution in [3.8, 4) is 5.75 Å². The lowest BCUT2D eigenvalue weighted by Crippen LogP contribution is -2.41. The summed E-state index contributed by atoms with van der Waals surface area (Å²) in [5.41, 5.74) is 0.565. The van der Waals surface area contributed by atoms with Gasteiger partial charge in [-0.05, 0) is 25.8 Å². The smallest absolute Gasteiger partial charge is 0.387 e. The molecule has 1 aromatic carbocycles. The summed E-state index contributed by atoms with van der Waals surface area (Å²) in [6, 6.07) is 6.88. The number of hydrogen-bond acceptors (Lipinski definition) is 3. The molecule has 28 heavy (non-hydrogen) atoms. The van der Waals surface area contributed by atoms with Gasteiger partial charge in [0.1, 0.15) is 5.75 Å². The number of carbonyl (C=O) groups is 1. The number of para-hydroxylation sites is 1. The lowest BCUT2D eigenvalue weighted by atomic mass is 9.95. The van der Waals surface area contributed by atoms with E-state index >= 15 is 0 Å². The Hall–Kier alpha value is -2.38. The third-order valence-electron chi connectivity index (χ3n) is 4.56. The van der Waals surface area contributed by atoms with Gasteiger partial charge in [0.25, 0.3) is 0 Å². The van der Waals surface area contributed by atoms with E-state index in [4.69, 9.17) is 0 Å². The summed E-state index contributed by atoms with van der Waals surface area (Å²) in [7, 11) is 0. The number of carbonyl (C=O) groups excluding carboxylic acids is 1. The van der Waals surface area contributed by atoms with E-state index in [0.29, 0.717) is 37.1 Å². The standard InChI is InChI=1S/C20H30F2N4O2/c1-2-23-20(24-13-12-18(27)26-16-9-4-3-5-10-16)25-14-15-8-6-7-11-17(15)28-19(21)22/h6-8,11,16,19H,2-5,9-10,12-14H2,1H3,(H,26,27)(H2,23,24,25). The van der Waals surface area contributed by atoms with Crippen molar-refractivity contribution < 1.29 is 18.3 Å². The van der Waals surface area contributed by atoms with Crippen molar-refractivity contribution in [1.29, 1.82) is 0 Å². The van der Waals surface area contributed by atoms with Crippen molar-refractivity contribution in [2.45, 2.75) is 64.6 Å². The van der Waals surface area contributed by atoms with Crippen molar-refractivity contribution >= 4 is 11.9 Å². The minimum absolute atomic E-state index is 0.0333. The van der Waals surface area contributed by atoms with E-state index in [-0.39, 0.29) is 18.2 Å². The minimum Gasteiger partial charge on any atom is -0.434 e. The molecule has 0 aliphatic heterocycles. The first-order chi connectivity index (χ1) is 13.6. The number of rotatable bonds is 9. The number of hydrogen-bond donors (Lipinski definition) is 3. The summed E-state index contributed by atoms with van der Waals surface area (Å²) in [4.78, 5) is 16.5. The molecule has 0 atom stereocenters. The van der Waals surface area contributed by atoms with E-state index in [2.05, 4.69) is 25.7 Å². The van der Waals surface area contributed by atoms with Crippen LogP contribution >= 0.6 is 0 Å². The predicted octanol–water partition coefficient (Wildman–Crippen LogP) is 3.18. The van der Waals surface area contributed by atoms with Crippen LogP contribution in [0.15, 0.2) is 29.3 Å². The summed E-state index contributed by atoms with van der Waals surface area (Å²) in [5, 5.41) is 9.28. The van der Waals surface area contributed by atoms with Crippen LogP contribution in [0.5, 0.6) is 5.75 Å². The molecule has 1 aromatic rings. The quantitative estimate of drug-likeness (QED) is 0.443. The van der Waals surface area contributed by atoms with E-state index in [0.717, 1.165) is 12.8 Å². The largest absolute Gasteiger partial charge is 0.434 e. The van der Waals surface area contributed by atoms with Crippen LogP contribution in [0.4, 0.5) is 8.78 Å². The minimum atomic E-state index is -2.88. The van der Waals surface area contributed by atoms with Gasteiger partial charge in [-0.15, -0.1) is 0 Å². The first kappa shape index (κ1) is 21.9. The number of guanidine groups is 1. The third kappa shape index (κ3) is 8.10. The average Bonchev–Trinajstić information content (AvgIpc) is 2.67. The molecule has 0 heterocycles. The molecule has 3 N–H and O–H groups in total. The lowest BCUT2D eigenvalue weighted by Gasteiger charge is -2.22. The highest BCUT2D eigenvalue weighted by molar-refractivity contribution is 5.81. The molecule has 1 aliphatic rings. The van der Waals surface area contributed by atoms with E-state index in [1.807, 2.05) is 6.92 Å². The Kier molecular flexibility index (Phi) is 9.51. The lowest BCUT2D eigenvalue weighted by molar-refractivity contribution is -0.121. The van der Waals surface area contributed by atoms with Gasteiger partial charge in [-0.2, -0.15) is 8.78 Å². The van der Waals surface area contributed by atoms with Gasteiger partial charge in [0, 0.05) is 31.1 Å². The van der Waals surface area contributed by atoms with Crippen LogP contribution in [0.2, 0.25) is 0 Å². The maximum Gasteiger partial charge on any atom is 0.387 e. The second-order valence-corrected chi connectivity index (χ2v) is 6.76. The Morgan fingerprint density at radius 3 is 2.68 bits per heavy atom. The number of nitrogens with one attached hydrogen (secondary N) is 3. The van der Waals surface area contributed by atoms with Gasteiger partial charge >= 0.3 is 6.61 Å². The molecule has 0 bridgehead atoms. The highest BCUT2D eigenvalue weighted by Gasteiger charge is 2.15. The molecule has 0 radical (unpaired) electrons. The van der Waals surface area contributed by atoms with Crippen molar-refractivity contribution in [3.63, 3.8) is 0 Å². The Morgan fingerprint density at radius 1 is 1.21 bits per heavy atom. The molecule has 156 valence electrons. The zero-order valence-corrected chi connectivity index (χ0v) is 16.3. The second-order valence-electron chi connectivity index (χ2n) is 6.76. The van der Waals surface area contributed by atoms with Gasteiger partial charge in [-0.1, -0.05) is 37.5 Å². The van der Waals surface area contributed by atoms with Gasteiger partial charge < -0.3 is 20.7 Å². The summed E-state index contributed by atoms with van der Waals surface area (Å²) >= 11 is 0. The Labute approximate surface area is 165 Å². The third-order valence-corrected chi connectivity index (χ3v) is 4.56. The topological polar surface area (TPSA) is 74.8 Å². The first-order valence-electron chi connectivity index (χ1n) is 9.92. The molecular weight excluding hydrogens is 366 g/mol. The van der Waals surface area contributed by atoms with Gasteiger partial charge in [-0.25, -0.2) is 4.99 Å². The zero-order chi connectivity index (χ0) is 20.2. The Balaban J connectivity index is 1.82. The average molecular weight is 396 g/mol. The van der Waals surface area contributed by atoms with Crippen molar-refractivity contribution in [2.24, 2.45) is 4.99 Å². The Bertz CT molecular complexity index is 634. The number of alkyl halides is 2. The zero-order valence-electron chi connectivity index (χ0n) is 16.3. The fraction of sp³-hybridized carbons (Fsp3) is 0.600. The van der Waals surface area contributed by atoms with Crippen LogP contribution in [0.25, 0.3) is 0 Å². The maximum absolute atomic E-state index is 12.5. The molecule has 1 fully saturated rings. The number of ether oxygens (including phenoxy) is 1. The second kappa shape index (κ2) is 12.2. The van der Waals surface area contributed by atoms with Gasteiger partial charge in [0.15, 0.2) is 5.96 Å². The van der Waals surface area contributed by atoms with E-state index in [1.54, 1.807) is 18.2 Å². The predicted molar refractivity (Wildman–Crippen MR) is 106 cm³/mol. The normalized spacial score (nSPS) is 15.4. The maximum atomic E-state index is 12.5. The fourth-order valence-electron chi connectivity index (χ4n) is 3.19. The molecule has 1 saturated carbocycles. The fourth-order valence-corrected chi connectivity index (χ4v) is 3.19. The first-order valence-corrected chi connectivity index (χ1v) is 9.92. The molecule has 1 aliphatic carbocycles. The highest BCUT2D eigenvalue weighted by atomic mass is 19.3. The van der Waals surface area contributed by atoms with Crippen LogP contribution in [-0.4, -0.2) is 37.6 Å². The van der Waals surface area contributed by atoms with Crippen molar-refractivity contribution in [1.82, 2.24) is 16.0 Å². The highest BCUT2D eigenvalue weighted by Crippen LogP contribution is 2.21. The van der Waals surface area contributed by atoms with E-state index < -0.39 is 6.61 Å². The number of amides is 1. The van der Waals surface area contributed by atoms with Gasteiger partial charge in [0.2, 0.25) is 5.91 Å². The summed E-state index contributed by atoms with van der Waals surface area (Å²) < 4.78 is 29.5. The van der Waals surface area contributed by atoms with Crippen molar-refractivity contribution in [3.05, 3.63) is 29.8 Å². The number of nitrogens with zero attached hydrogens (tertiary/aromatic N) is 1. The molecule has 0 spiro atoms.